The lowest BCUT2D eigenvalue weighted by atomic mass is 11.0. The molecule has 4 nitrogen and oxygen atoms in total. The van der Waals surface area contributed by atoms with E-state index in [1.165, 1.54) is 0 Å². The van der Waals surface area contributed by atoms with Crippen molar-refractivity contribution in [1.29, 1.82) is 0 Å². The van der Waals surface area contributed by atoms with Gasteiger partial charge in [-0.25, -0.2) is 9.97 Å². The van der Waals surface area contributed by atoms with Gasteiger partial charge in [-0.1, -0.05) is 0 Å². The van der Waals surface area contributed by atoms with Crippen molar-refractivity contribution in [3.05, 3.63) is 25.0 Å². The van der Waals surface area contributed by atoms with Crippen molar-refractivity contribution in [3.63, 3.8) is 0 Å². The largest absolute Gasteiger partial charge is 0.339 e. The lowest BCUT2D eigenvalue weighted by molar-refractivity contribution is 1.21. The molecule has 0 aromatic carbocycles. The summed E-state index contributed by atoms with van der Waals surface area (Å²) in [6.45, 7) is 0. The van der Waals surface area contributed by atoms with Gasteiger partial charge in [-0.3, -0.25) is 0 Å². The van der Waals surface area contributed by atoms with Crippen LogP contribution in [0.15, 0.2) is 6.33 Å². The zero-order valence-corrected chi connectivity index (χ0v) is 17.6. The third-order valence-corrected chi connectivity index (χ3v) is 6.92. The number of aromatic nitrogens is 4. The normalized spacial score (nSPS) is 9.67. The molecule has 2 rings (SSSR count). The number of H-pyrrole nitrogens is 2. The summed E-state index contributed by atoms with van der Waals surface area (Å²) >= 11 is 10.9. The lowest BCUT2D eigenvalue weighted by Crippen LogP contribution is -1.69. The molecule has 82 valence electrons. The summed E-state index contributed by atoms with van der Waals surface area (Å²) in [6.07, 6.45) is 1.68. The highest BCUT2D eigenvalue weighted by Crippen LogP contribution is 2.11. The van der Waals surface area contributed by atoms with E-state index in [1.54, 1.807) is 6.33 Å². The topological polar surface area (TPSA) is 57.4 Å². The number of imidazole rings is 2. The molecular formula is C6H3I5N4. The summed E-state index contributed by atoms with van der Waals surface area (Å²) in [5, 5.41) is 0. The Labute approximate surface area is 155 Å². The van der Waals surface area contributed by atoms with E-state index in [0.29, 0.717) is 0 Å². The number of hydrogen-bond donors (Lipinski definition) is 2. The van der Waals surface area contributed by atoms with Crippen LogP contribution in [0.5, 0.6) is 0 Å². The Morgan fingerprint density at radius 1 is 0.933 bits per heavy atom. The van der Waals surface area contributed by atoms with E-state index < -0.39 is 0 Å². The van der Waals surface area contributed by atoms with Crippen LogP contribution in [0.2, 0.25) is 0 Å². The molecule has 2 aromatic heterocycles. The maximum absolute atomic E-state index is 4.12. The van der Waals surface area contributed by atoms with E-state index in [4.69, 9.17) is 0 Å². The Hall–Kier alpha value is 2.07. The first-order valence-electron chi connectivity index (χ1n) is 3.41. The van der Waals surface area contributed by atoms with E-state index >= 15 is 0 Å². The Morgan fingerprint density at radius 3 is 1.73 bits per heavy atom. The van der Waals surface area contributed by atoms with Crippen molar-refractivity contribution < 1.29 is 0 Å². The monoisotopic (exact) mass is 766 g/mol. The summed E-state index contributed by atoms with van der Waals surface area (Å²) in [6, 6.07) is 0. The van der Waals surface area contributed by atoms with E-state index in [2.05, 4.69) is 133 Å². The van der Waals surface area contributed by atoms with Gasteiger partial charge in [0.05, 0.1) is 6.33 Å². The molecule has 0 fully saturated rings. The van der Waals surface area contributed by atoms with Gasteiger partial charge in [0, 0.05) is 0 Å². The first-order chi connectivity index (χ1) is 7.00. The highest BCUT2D eigenvalue weighted by molar-refractivity contribution is 14.1. The molecule has 0 bridgehead atoms. The maximum Gasteiger partial charge on any atom is 0.170 e. The summed E-state index contributed by atoms with van der Waals surface area (Å²) in [4.78, 5) is 14.1. The first kappa shape index (κ1) is 15.1. The number of aromatic amines is 2. The minimum absolute atomic E-state index is 0.955. The second-order valence-electron chi connectivity index (χ2n) is 2.14. The van der Waals surface area contributed by atoms with Gasteiger partial charge in [-0.05, 0) is 113 Å². The SMILES string of the molecule is Ic1nc(I)c(I)[nH]1.Ic1nc[nH]c1I. The molecule has 2 aromatic rings. The van der Waals surface area contributed by atoms with E-state index in [-0.39, 0.29) is 0 Å². The van der Waals surface area contributed by atoms with Crippen LogP contribution in [0.3, 0.4) is 0 Å². The zero-order chi connectivity index (χ0) is 11.4. The minimum atomic E-state index is 0.955. The van der Waals surface area contributed by atoms with Crippen molar-refractivity contribution in [2.75, 3.05) is 0 Å². The van der Waals surface area contributed by atoms with Crippen molar-refractivity contribution >= 4 is 113 Å². The van der Waals surface area contributed by atoms with Gasteiger partial charge < -0.3 is 9.97 Å². The van der Waals surface area contributed by atoms with Gasteiger partial charge in [-0.2, -0.15) is 0 Å². The fourth-order valence-electron chi connectivity index (χ4n) is 0.567. The number of halogens is 5. The van der Waals surface area contributed by atoms with E-state index in [9.17, 15) is 0 Å². The maximum atomic E-state index is 4.12. The van der Waals surface area contributed by atoms with Gasteiger partial charge in [0.2, 0.25) is 0 Å². The van der Waals surface area contributed by atoms with Gasteiger partial charge in [0.15, 0.2) is 3.83 Å². The highest BCUT2D eigenvalue weighted by atomic mass is 127. The molecule has 0 amide bonds. The molecular weight excluding hydrogens is 763 g/mol. The summed E-state index contributed by atoms with van der Waals surface area (Å²) in [5.41, 5.74) is 0. The van der Waals surface area contributed by atoms with Crippen molar-refractivity contribution in [1.82, 2.24) is 19.9 Å². The van der Waals surface area contributed by atoms with Crippen LogP contribution in [0.4, 0.5) is 0 Å². The summed E-state index contributed by atoms with van der Waals surface area (Å²) in [5.74, 6) is 0. The molecule has 0 aliphatic rings. The molecule has 0 aliphatic heterocycles. The molecule has 9 heteroatoms. The van der Waals surface area contributed by atoms with E-state index in [0.717, 1.165) is 18.6 Å². The average molecular weight is 766 g/mol. The molecule has 0 unspecified atom stereocenters. The predicted octanol–water partition coefficient (Wildman–Crippen LogP) is 3.84. The molecule has 2 N–H and O–H groups in total. The zero-order valence-electron chi connectivity index (χ0n) is 6.86. The fourth-order valence-corrected chi connectivity index (χ4v) is 3.38. The molecule has 0 spiro atoms. The van der Waals surface area contributed by atoms with Crippen LogP contribution in [0.25, 0.3) is 0 Å². The highest BCUT2D eigenvalue weighted by Gasteiger charge is 1.99. The minimum Gasteiger partial charge on any atom is -0.339 e. The van der Waals surface area contributed by atoms with Crippen LogP contribution in [-0.4, -0.2) is 19.9 Å². The number of hydrogen-bond acceptors (Lipinski definition) is 2. The van der Waals surface area contributed by atoms with Crippen LogP contribution in [0.1, 0.15) is 0 Å². The number of rotatable bonds is 0. The second-order valence-corrected chi connectivity index (χ2v) is 7.36. The van der Waals surface area contributed by atoms with Gasteiger partial charge >= 0.3 is 0 Å². The van der Waals surface area contributed by atoms with Crippen molar-refractivity contribution in [3.8, 4) is 0 Å². The lowest BCUT2D eigenvalue weighted by Gasteiger charge is -1.74. The third-order valence-electron chi connectivity index (χ3n) is 1.14. The molecule has 0 radical (unpaired) electrons. The fraction of sp³-hybridized carbons (Fsp3) is 0. The van der Waals surface area contributed by atoms with Gasteiger partial charge in [0.1, 0.15) is 14.8 Å². The second kappa shape index (κ2) is 7.49. The smallest absolute Gasteiger partial charge is 0.170 e. The molecule has 0 aliphatic carbocycles. The molecule has 0 atom stereocenters. The Kier molecular flexibility index (Phi) is 7.56. The molecule has 15 heavy (non-hydrogen) atoms. The predicted molar refractivity (Wildman–Crippen MR) is 101 cm³/mol. The van der Waals surface area contributed by atoms with Crippen LogP contribution < -0.4 is 0 Å². The summed E-state index contributed by atoms with van der Waals surface area (Å²) < 4.78 is 5.27. The average Bonchev–Trinajstić information content (AvgIpc) is 2.63. The van der Waals surface area contributed by atoms with Crippen molar-refractivity contribution in [2.45, 2.75) is 0 Å². The number of nitrogens with one attached hydrogen (secondary N) is 2. The number of nitrogens with zero attached hydrogens (tertiary/aromatic N) is 2. The van der Waals surface area contributed by atoms with E-state index in [1.807, 2.05) is 0 Å². The standard InChI is InChI=1S/C3HI3N2.C3H2I2N2/c4-1-2(5)8-3(6)7-1;4-2-3(5)7-1-6-2/h(H,7,8);1H,(H,6,7). The third kappa shape index (κ3) is 5.49. The molecule has 0 saturated carbocycles. The molecule has 0 saturated heterocycles. The van der Waals surface area contributed by atoms with Crippen LogP contribution in [0, 0.1) is 18.6 Å². The Bertz CT molecular complexity index is 400. The summed E-state index contributed by atoms with van der Waals surface area (Å²) in [7, 11) is 0. The quantitative estimate of drug-likeness (QED) is 0.401. The van der Waals surface area contributed by atoms with Crippen LogP contribution in [-0.2, 0) is 0 Å². The van der Waals surface area contributed by atoms with Crippen LogP contribution >= 0.6 is 113 Å². The molecule has 2 heterocycles. The first-order valence-corrected chi connectivity index (χ1v) is 8.81. The Balaban J connectivity index is 0.000000151. The van der Waals surface area contributed by atoms with Crippen molar-refractivity contribution in [2.24, 2.45) is 0 Å². The van der Waals surface area contributed by atoms with Gasteiger partial charge in [0.25, 0.3) is 0 Å². The Morgan fingerprint density at radius 2 is 1.60 bits per heavy atom. The van der Waals surface area contributed by atoms with Gasteiger partial charge in [-0.15, -0.1) is 0 Å².